The van der Waals surface area contributed by atoms with Crippen molar-refractivity contribution in [2.75, 3.05) is 13.2 Å². The molecule has 2 N–H and O–H groups in total. The zero-order chi connectivity index (χ0) is 38.0. The number of carbonyl (C=O) groups is 7. The number of aromatic nitrogens is 1. The van der Waals surface area contributed by atoms with E-state index in [1.807, 2.05) is 0 Å². The van der Waals surface area contributed by atoms with Crippen molar-refractivity contribution in [3.05, 3.63) is 29.6 Å². The van der Waals surface area contributed by atoms with E-state index in [1.54, 1.807) is 6.92 Å². The Bertz CT molecular complexity index is 1670. The second-order valence-corrected chi connectivity index (χ2v) is 14.0. The first-order valence-corrected chi connectivity index (χ1v) is 16.3. The Hall–Kier alpha value is -4.48. The highest BCUT2D eigenvalue weighted by molar-refractivity contribution is 5.94. The van der Waals surface area contributed by atoms with Gasteiger partial charge in [0.05, 0.1) is 23.1 Å². The van der Waals surface area contributed by atoms with Crippen LogP contribution in [0.4, 0.5) is 0 Å². The Morgan fingerprint density at radius 3 is 2.12 bits per heavy atom. The highest BCUT2D eigenvalue weighted by Gasteiger charge is 2.91. The fraction of sp³-hybridized carbons (Fsp3) is 0.647. The average molecular weight is 720 g/mol. The summed E-state index contributed by atoms with van der Waals surface area (Å²) in [6.07, 6.45) is -9.12. The van der Waals surface area contributed by atoms with Gasteiger partial charge >= 0.3 is 35.8 Å². The molecule has 12 atom stereocenters. The first-order chi connectivity index (χ1) is 23.7. The number of hydrogen-bond acceptors (Lipinski definition) is 17. The Morgan fingerprint density at radius 2 is 1.53 bits per heavy atom. The van der Waals surface area contributed by atoms with Gasteiger partial charge in [-0.3, -0.25) is 33.8 Å². The number of aliphatic hydroxyl groups is 2. The highest BCUT2D eigenvalue weighted by atomic mass is 16.7. The molecule has 5 rings (SSSR count). The molecule has 51 heavy (non-hydrogen) atoms. The van der Waals surface area contributed by atoms with E-state index in [1.165, 1.54) is 32.2 Å². The van der Waals surface area contributed by atoms with E-state index in [0.717, 1.165) is 34.6 Å². The molecule has 2 aliphatic carbocycles. The Labute approximate surface area is 292 Å². The number of pyridine rings is 1. The molecular weight excluding hydrogens is 678 g/mol. The number of carbonyl (C=O) groups excluding carboxylic acids is 7. The lowest BCUT2D eigenvalue weighted by atomic mass is 9.45. The lowest BCUT2D eigenvalue weighted by Gasteiger charge is -2.66. The van der Waals surface area contributed by atoms with E-state index in [2.05, 4.69) is 4.98 Å². The van der Waals surface area contributed by atoms with E-state index in [9.17, 15) is 43.8 Å². The zero-order valence-corrected chi connectivity index (χ0v) is 29.3. The second kappa shape index (κ2) is 12.9. The van der Waals surface area contributed by atoms with E-state index in [-0.39, 0.29) is 11.3 Å². The predicted octanol–water partition coefficient (Wildman–Crippen LogP) is 0.100. The molecule has 2 aliphatic heterocycles. The van der Waals surface area contributed by atoms with Crippen molar-refractivity contribution in [3.63, 3.8) is 0 Å². The first kappa shape index (κ1) is 37.8. The standard InChI is InChI=1S/C34H41NO16/c1-14-15(2)29(42)50-26-24(41)28(49-19(6)39)33(13-45-16(3)36)27(48-18(5)38)23(40)21-25(47-17(4)37)34(33,32(26,8)44)51-31(21,7)12-46-30(43)20-10-9-11-35-22(14)20/h9-11,14-15,21,24-28,41,44H,12-13H2,1-8H3. The fourth-order valence-corrected chi connectivity index (χ4v) is 8.41. The van der Waals surface area contributed by atoms with Crippen LogP contribution in [0.5, 0.6) is 0 Å². The summed E-state index contributed by atoms with van der Waals surface area (Å²) in [5.41, 5.74) is -10.0. The van der Waals surface area contributed by atoms with Gasteiger partial charge in [0, 0.05) is 39.8 Å². The fourth-order valence-electron chi connectivity index (χ4n) is 8.41. The number of nitrogens with zero attached hydrogens (tertiary/aromatic N) is 1. The molecule has 12 unspecified atom stereocenters. The van der Waals surface area contributed by atoms with Crippen LogP contribution < -0.4 is 0 Å². The van der Waals surface area contributed by atoms with Crippen LogP contribution in [-0.4, -0.2) is 117 Å². The third kappa shape index (κ3) is 5.56. The minimum absolute atomic E-state index is 0.0311. The molecule has 1 saturated heterocycles. The number of fused-ring (bicyclic) bond motifs is 5. The van der Waals surface area contributed by atoms with Gasteiger partial charge in [-0.1, -0.05) is 13.8 Å². The molecule has 2 saturated carbocycles. The quantitative estimate of drug-likeness (QED) is 0.303. The van der Waals surface area contributed by atoms with Crippen molar-refractivity contribution in [2.45, 2.75) is 109 Å². The van der Waals surface area contributed by atoms with Gasteiger partial charge in [-0.2, -0.15) is 0 Å². The van der Waals surface area contributed by atoms with Crippen molar-refractivity contribution in [3.8, 4) is 0 Å². The largest absolute Gasteiger partial charge is 0.465 e. The van der Waals surface area contributed by atoms with E-state index in [4.69, 9.17) is 33.2 Å². The maximum atomic E-state index is 14.9. The Morgan fingerprint density at radius 1 is 0.922 bits per heavy atom. The molecule has 17 nitrogen and oxygen atoms in total. The van der Waals surface area contributed by atoms with Gasteiger partial charge in [0.25, 0.3) is 0 Å². The molecule has 1 aromatic heterocycles. The van der Waals surface area contributed by atoms with Crippen molar-refractivity contribution < 1.29 is 76.9 Å². The van der Waals surface area contributed by atoms with Gasteiger partial charge in [0.1, 0.15) is 48.1 Å². The maximum Gasteiger partial charge on any atom is 0.340 e. The summed E-state index contributed by atoms with van der Waals surface area (Å²) < 4.78 is 40.9. The second-order valence-electron chi connectivity index (χ2n) is 14.0. The van der Waals surface area contributed by atoms with Gasteiger partial charge in [0.15, 0.2) is 23.6 Å². The summed E-state index contributed by atoms with van der Waals surface area (Å²) in [5, 5.41) is 25.0. The molecular formula is C34H41NO16. The topological polar surface area (TPSA) is 237 Å². The maximum absolute atomic E-state index is 14.9. The number of ketones is 1. The van der Waals surface area contributed by atoms with Gasteiger partial charge in [-0.25, -0.2) is 4.79 Å². The smallest absolute Gasteiger partial charge is 0.340 e. The number of rotatable bonds is 5. The molecule has 17 heteroatoms. The minimum atomic E-state index is -2.78. The summed E-state index contributed by atoms with van der Waals surface area (Å²) in [7, 11) is 0. The molecule has 1 spiro atoms. The summed E-state index contributed by atoms with van der Waals surface area (Å²) in [6.45, 7) is 7.50. The van der Waals surface area contributed by atoms with Crippen LogP contribution in [0.15, 0.2) is 18.3 Å². The van der Waals surface area contributed by atoms with Crippen LogP contribution in [0.3, 0.4) is 0 Å². The Balaban J connectivity index is 1.92. The van der Waals surface area contributed by atoms with E-state index >= 15 is 0 Å². The van der Waals surface area contributed by atoms with E-state index < -0.39 is 125 Å². The van der Waals surface area contributed by atoms with Gasteiger partial charge in [-0.15, -0.1) is 0 Å². The van der Waals surface area contributed by atoms with Gasteiger partial charge in [-0.05, 0) is 26.0 Å². The Kier molecular flexibility index (Phi) is 9.58. The van der Waals surface area contributed by atoms with Crippen LogP contribution in [0.1, 0.15) is 77.4 Å². The number of Topliss-reactive ketones (excluding diaryl/α,β-unsaturated/α-hetero) is 1. The molecule has 4 bridgehead atoms. The first-order valence-electron chi connectivity index (χ1n) is 16.3. The number of ether oxygens (including phenoxy) is 7. The third-order valence-corrected chi connectivity index (χ3v) is 10.6. The molecule has 0 radical (unpaired) electrons. The van der Waals surface area contributed by atoms with Crippen LogP contribution >= 0.6 is 0 Å². The van der Waals surface area contributed by atoms with Crippen molar-refractivity contribution in [1.82, 2.24) is 4.98 Å². The SMILES string of the molecule is CC(=O)OCC12C(OC(C)=O)C(=O)C3C(OC(C)=O)C14OC3(C)COC(=O)c1cccnc1C(C)C(C)C(=O)OC(C(O)C2OC(C)=O)C4(C)O. The summed E-state index contributed by atoms with van der Waals surface area (Å²) in [6, 6.07) is 2.89. The number of hydrogen-bond donors (Lipinski definition) is 2. The molecule has 3 fully saturated rings. The van der Waals surface area contributed by atoms with Crippen LogP contribution in [0.25, 0.3) is 0 Å². The predicted molar refractivity (Wildman–Crippen MR) is 165 cm³/mol. The monoisotopic (exact) mass is 719 g/mol. The van der Waals surface area contributed by atoms with Crippen molar-refractivity contribution >= 4 is 41.6 Å². The van der Waals surface area contributed by atoms with Gasteiger partial charge in [0.2, 0.25) is 0 Å². The number of cyclic esters (lactones) is 1. The summed E-state index contributed by atoms with van der Waals surface area (Å²) >= 11 is 0. The lowest BCUT2D eigenvalue weighted by Crippen LogP contribution is -2.88. The molecule has 0 amide bonds. The van der Waals surface area contributed by atoms with E-state index in [0.29, 0.717) is 0 Å². The molecule has 4 aliphatic rings. The zero-order valence-electron chi connectivity index (χ0n) is 29.3. The molecule has 1 aromatic rings. The van der Waals surface area contributed by atoms with Crippen LogP contribution in [-0.2, 0) is 61.9 Å². The van der Waals surface area contributed by atoms with Crippen molar-refractivity contribution in [2.24, 2.45) is 17.3 Å². The summed E-state index contributed by atoms with van der Waals surface area (Å²) in [5.74, 6) is -10.7. The minimum Gasteiger partial charge on any atom is -0.465 e. The summed E-state index contributed by atoms with van der Waals surface area (Å²) in [4.78, 5) is 97.7. The number of aliphatic hydroxyl groups excluding tert-OH is 1. The van der Waals surface area contributed by atoms with Crippen LogP contribution in [0, 0.1) is 17.3 Å². The molecule has 0 aromatic carbocycles. The average Bonchev–Trinajstić information content (AvgIpc) is 3.27. The van der Waals surface area contributed by atoms with Crippen LogP contribution in [0.2, 0.25) is 0 Å². The number of esters is 6. The normalized spacial score (nSPS) is 40.2. The molecule has 278 valence electrons. The van der Waals surface area contributed by atoms with Crippen molar-refractivity contribution in [1.29, 1.82) is 0 Å². The molecule has 3 heterocycles. The third-order valence-electron chi connectivity index (χ3n) is 10.6. The van der Waals surface area contributed by atoms with Gasteiger partial charge < -0.3 is 43.4 Å². The highest BCUT2D eigenvalue weighted by Crippen LogP contribution is 2.68. The lowest BCUT2D eigenvalue weighted by molar-refractivity contribution is -0.376.